The van der Waals surface area contributed by atoms with E-state index in [4.69, 9.17) is 9.07 Å². The predicted octanol–water partition coefficient (Wildman–Crippen LogP) is 6.59. The normalized spacial score (nSPS) is 13.0. The van der Waals surface area contributed by atoms with Crippen LogP contribution in [0.25, 0.3) is 54.3 Å². The molecule has 1 heterocycles. The fourth-order valence-electron chi connectivity index (χ4n) is 4.75. The molecular weight excluding hydrogens is 419 g/mol. The van der Waals surface area contributed by atoms with E-state index in [2.05, 4.69) is 78.9 Å². The summed E-state index contributed by atoms with van der Waals surface area (Å²) in [5, 5.41) is 19.7. The molecule has 0 aliphatic rings. The summed E-state index contributed by atoms with van der Waals surface area (Å²) in [6.07, 6.45) is 0. The Morgan fingerprint density at radius 2 is 1.35 bits per heavy atom. The van der Waals surface area contributed by atoms with Crippen LogP contribution in [0, 0.1) is 0 Å². The fourth-order valence-corrected chi connectivity index (χ4v) is 4.75. The highest BCUT2D eigenvalue weighted by Crippen LogP contribution is 2.38. The molecule has 0 bridgehead atoms. The molecule has 1 N–H and O–H groups in total. The molecule has 0 saturated carbocycles. The second-order valence-corrected chi connectivity index (χ2v) is 10.3. The highest BCUT2D eigenvalue weighted by Gasteiger charge is 2.36. The van der Waals surface area contributed by atoms with Crippen molar-refractivity contribution in [3.63, 3.8) is 0 Å². The Hall–Kier alpha value is -3.34. The molecule has 0 aliphatic carbocycles. The van der Waals surface area contributed by atoms with E-state index in [-0.39, 0.29) is 0 Å². The van der Waals surface area contributed by atoms with Gasteiger partial charge in [-0.05, 0) is 72.2 Å². The van der Waals surface area contributed by atoms with E-state index in [9.17, 15) is 5.11 Å². The molecule has 0 atom stereocenters. The number of furan rings is 1. The maximum absolute atomic E-state index is 10.6. The van der Waals surface area contributed by atoms with Gasteiger partial charge in [0.05, 0.1) is 11.2 Å². The maximum atomic E-state index is 10.6. The van der Waals surface area contributed by atoms with Gasteiger partial charge < -0.3 is 14.2 Å². The van der Waals surface area contributed by atoms with Crippen LogP contribution in [0.5, 0.6) is 0 Å². The van der Waals surface area contributed by atoms with E-state index in [1.165, 1.54) is 16.2 Å². The number of aliphatic hydroxyl groups is 1. The topological polar surface area (TPSA) is 42.6 Å². The van der Waals surface area contributed by atoms with Gasteiger partial charge >= 0.3 is 7.48 Å². The minimum atomic E-state index is -0.978. The Morgan fingerprint density at radius 1 is 0.706 bits per heavy atom. The summed E-state index contributed by atoms with van der Waals surface area (Å²) in [6.45, 7) is 7.43. The lowest BCUT2D eigenvalue weighted by Gasteiger charge is -2.37. The largest absolute Gasteiger partial charge is 0.455 e. The SMILES string of the molecule is CC(C)(O)C(C)(C)OBc1cc2ccc3ccccc3c2c2oc3cc4ccccc4cc3c12. The van der Waals surface area contributed by atoms with Crippen molar-refractivity contribution < 1.29 is 14.2 Å². The van der Waals surface area contributed by atoms with Crippen molar-refractivity contribution in [1.82, 2.24) is 0 Å². The first-order valence-corrected chi connectivity index (χ1v) is 11.8. The Kier molecular flexibility index (Phi) is 4.57. The molecule has 0 amide bonds. The molecule has 0 spiro atoms. The van der Waals surface area contributed by atoms with Crippen molar-refractivity contribution in [1.29, 1.82) is 0 Å². The predicted molar refractivity (Wildman–Crippen MR) is 144 cm³/mol. The van der Waals surface area contributed by atoms with Crippen LogP contribution in [0.2, 0.25) is 0 Å². The Bertz CT molecular complexity index is 1720. The second kappa shape index (κ2) is 7.33. The average molecular weight is 446 g/mol. The van der Waals surface area contributed by atoms with Gasteiger partial charge in [-0.3, -0.25) is 0 Å². The number of benzene rings is 5. The fraction of sp³-hybridized carbons (Fsp3) is 0.200. The van der Waals surface area contributed by atoms with E-state index in [1.54, 1.807) is 13.8 Å². The molecule has 0 fully saturated rings. The molecule has 0 unspecified atom stereocenters. The first-order valence-electron chi connectivity index (χ1n) is 11.8. The third-order valence-corrected chi connectivity index (χ3v) is 7.46. The van der Waals surface area contributed by atoms with Crippen molar-refractivity contribution in [2.45, 2.75) is 38.9 Å². The molecule has 4 heteroatoms. The van der Waals surface area contributed by atoms with Crippen molar-refractivity contribution >= 4 is 67.2 Å². The van der Waals surface area contributed by atoms with Crippen molar-refractivity contribution in [3.05, 3.63) is 78.9 Å². The van der Waals surface area contributed by atoms with Gasteiger partial charge in [0.15, 0.2) is 0 Å². The summed E-state index contributed by atoms with van der Waals surface area (Å²) in [4.78, 5) is 0. The third-order valence-electron chi connectivity index (χ3n) is 7.46. The van der Waals surface area contributed by atoms with Gasteiger partial charge in [0.1, 0.15) is 11.2 Å². The molecule has 0 saturated heterocycles. The zero-order valence-electron chi connectivity index (χ0n) is 20.0. The molecule has 0 aliphatic heterocycles. The van der Waals surface area contributed by atoms with Crippen LogP contribution in [-0.2, 0) is 4.65 Å². The summed E-state index contributed by atoms with van der Waals surface area (Å²) < 4.78 is 13.0. The van der Waals surface area contributed by atoms with Gasteiger partial charge in [-0.15, -0.1) is 0 Å². The molecule has 3 nitrogen and oxygen atoms in total. The van der Waals surface area contributed by atoms with E-state index >= 15 is 0 Å². The Morgan fingerprint density at radius 3 is 2.09 bits per heavy atom. The van der Waals surface area contributed by atoms with Gasteiger partial charge in [0, 0.05) is 16.2 Å². The molecule has 0 radical (unpaired) electrons. The van der Waals surface area contributed by atoms with Crippen LogP contribution >= 0.6 is 0 Å². The van der Waals surface area contributed by atoms with E-state index in [0.717, 1.165) is 43.6 Å². The van der Waals surface area contributed by atoms with Crippen LogP contribution in [0.3, 0.4) is 0 Å². The monoisotopic (exact) mass is 446 g/mol. The lowest BCUT2D eigenvalue weighted by Crippen LogP contribution is -2.49. The molecule has 168 valence electrons. The van der Waals surface area contributed by atoms with Crippen LogP contribution in [0.15, 0.2) is 83.3 Å². The molecule has 1 aromatic heterocycles. The number of hydrogen-bond acceptors (Lipinski definition) is 3. The average Bonchev–Trinajstić information content (AvgIpc) is 3.18. The summed E-state index contributed by atoms with van der Waals surface area (Å²) in [7, 11) is 0.373. The van der Waals surface area contributed by atoms with Crippen LogP contribution < -0.4 is 5.46 Å². The maximum Gasteiger partial charge on any atom is 0.310 e. The zero-order valence-corrected chi connectivity index (χ0v) is 20.0. The van der Waals surface area contributed by atoms with E-state index in [1.807, 2.05) is 13.8 Å². The van der Waals surface area contributed by atoms with E-state index < -0.39 is 11.2 Å². The molecule has 5 aromatic carbocycles. The van der Waals surface area contributed by atoms with Gasteiger partial charge in [-0.25, -0.2) is 0 Å². The minimum absolute atomic E-state index is 0.373. The summed E-state index contributed by atoms with van der Waals surface area (Å²) >= 11 is 0. The molecular formula is C30H27BO3. The first kappa shape index (κ1) is 21.2. The van der Waals surface area contributed by atoms with Crippen molar-refractivity contribution in [3.8, 4) is 0 Å². The summed E-state index contributed by atoms with van der Waals surface area (Å²) in [5.41, 5.74) is 1.12. The minimum Gasteiger partial charge on any atom is -0.455 e. The van der Waals surface area contributed by atoms with Gasteiger partial charge in [-0.2, -0.15) is 0 Å². The summed E-state index contributed by atoms with van der Waals surface area (Å²) in [6, 6.07) is 27.7. The molecule has 6 rings (SSSR count). The third kappa shape index (κ3) is 3.21. The van der Waals surface area contributed by atoms with E-state index in [0.29, 0.717) is 7.48 Å². The molecule has 6 aromatic rings. The Balaban J connectivity index is 1.70. The van der Waals surface area contributed by atoms with Crippen LogP contribution in [0.4, 0.5) is 0 Å². The smallest absolute Gasteiger partial charge is 0.310 e. The zero-order chi connectivity index (χ0) is 23.7. The van der Waals surface area contributed by atoms with Crippen molar-refractivity contribution in [2.24, 2.45) is 0 Å². The Labute approximate surface area is 199 Å². The standard InChI is InChI=1S/C30H27BO3/c1-29(2,32)30(3,4)34-31-24-16-21-14-13-18-9-7-8-12-22(18)26(21)28-27(24)23-15-19-10-5-6-11-20(19)17-25(23)33-28/h5-17,31-32H,1-4H3. The van der Waals surface area contributed by atoms with Gasteiger partial charge in [0.25, 0.3) is 0 Å². The van der Waals surface area contributed by atoms with Crippen molar-refractivity contribution in [2.75, 3.05) is 0 Å². The highest BCUT2D eigenvalue weighted by atomic mass is 16.5. The highest BCUT2D eigenvalue weighted by molar-refractivity contribution is 6.54. The quantitative estimate of drug-likeness (QED) is 0.245. The number of rotatable bonds is 4. The van der Waals surface area contributed by atoms with Crippen LogP contribution in [0.1, 0.15) is 27.7 Å². The van der Waals surface area contributed by atoms with Gasteiger partial charge in [0.2, 0.25) is 0 Å². The van der Waals surface area contributed by atoms with Gasteiger partial charge in [-0.1, -0.05) is 66.7 Å². The second-order valence-electron chi connectivity index (χ2n) is 10.3. The van der Waals surface area contributed by atoms with Crippen LogP contribution in [-0.4, -0.2) is 23.8 Å². The number of hydrogen-bond donors (Lipinski definition) is 1. The summed E-state index contributed by atoms with van der Waals surface area (Å²) in [5.74, 6) is 0. The first-order chi connectivity index (χ1) is 16.2. The lowest BCUT2D eigenvalue weighted by molar-refractivity contribution is -0.0893. The number of fused-ring (bicyclic) bond motifs is 8. The lowest BCUT2D eigenvalue weighted by atomic mass is 9.79. The molecule has 34 heavy (non-hydrogen) atoms.